The molecule has 0 fully saturated rings. The number of thioether (sulfide) groups is 1. The Bertz CT molecular complexity index is 398. The minimum absolute atomic E-state index is 0.601. The van der Waals surface area contributed by atoms with Gasteiger partial charge in [0, 0.05) is 29.7 Å². The first kappa shape index (κ1) is 14.5. The molecule has 106 valence electrons. The zero-order valence-electron chi connectivity index (χ0n) is 11.8. The van der Waals surface area contributed by atoms with Crippen molar-refractivity contribution in [1.29, 1.82) is 0 Å². The van der Waals surface area contributed by atoms with E-state index < -0.39 is 0 Å². The highest BCUT2D eigenvalue weighted by molar-refractivity contribution is 7.99. The van der Waals surface area contributed by atoms with Gasteiger partial charge in [-0.25, -0.2) is 0 Å². The summed E-state index contributed by atoms with van der Waals surface area (Å²) in [5.41, 5.74) is 0. The van der Waals surface area contributed by atoms with E-state index >= 15 is 0 Å². The number of nitrogens with one attached hydrogen (secondary N) is 1. The van der Waals surface area contributed by atoms with E-state index in [4.69, 9.17) is 9.47 Å². The van der Waals surface area contributed by atoms with Gasteiger partial charge in [0.15, 0.2) is 11.5 Å². The number of hydrogen-bond donors (Lipinski definition) is 1. The Morgan fingerprint density at radius 3 is 2.84 bits per heavy atom. The third-order valence-corrected chi connectivity index (χ3v) is 4.19. The second-order valence-electron chi connectivity index (χ2n) is 4.77. The van der Waals surface area contributed by atoms with Gasteiger partial charge in [0.1, 0.15) is 0 Å². The Kier molecular flexibility index (Phi) is 5.86. The van der Waals surface area contributed by atoms with E-state index in [1.54, 1.807) is 0 Å². The molecule has 3 nitrogen and oxygen atoms in total. The lowest BCUT2D eigenvalue weighted by Gasteiger charge is -2.11. The minimum atomic E-state index is 0.601. The molecule has 2 rings (SSSR count). The summed E-state index contributed by atoms with van der Waals surface area (Å²) >= 11 is 1.85. The lowest BCUT2D eigenvalue weighted by molar-refractivity contribution is 0.297. The number of fused-ring (bicyclic) bond motifs is 1. The van der Waals surface area contributed by atoms with Gasteiger partial charge in [0.2, 0.25) is 0 Å². The summed E-state index contributed by atoms with van der Waals surface area (Å²) in [7, 11) is 0. The van der Waals surface area contributed by atoms with Crippen LogP contribution < -0.4 is 14.8 Å². The molecule has 1 aromatic rings. The first-order valence-corrected chi connectivity index (χ1v) is 8.04. The molecule has 0 radical (unpaired) electrons. The predicted molar refractivity (Wildman–Crippen MR) is 80.5 cm³/mol. The normalized spacial score (nSPS) is 15.9. The van der Waals surface area contributed by atoms with Gasteiger partial charge >= 0.3 is 0 Å². The fourth-order valence-electron chi connectivity index (χ4n) is 1.85. The van der Waals surface area contributed by atoms with Gasteiger partial charge in [0.25, 0.3) is 0 Å². The topological polar surface area (TPSA) is 30.5 Å². The molecular weight excluding hydrogens is 258 g/mol. The molecule has 1 N–H and O–H groups in total. The van der Waals surface area contributed by atoms with Crippen LogP contribution in [0.2, 0.25) is 0 Å². The lowest BCUT2D eigenvalue weighted by Crippen LogP contribution is -2.27. The van der Waals surface area contributed by atoms with Crippen LogP contribution in [0.3, 0.4) is 0 Å². The average Bonchev–Trinajstić information content (AvgIpc) is 2.68. The molecule has 1 heterocycles. The van der Waals surface area contributed by atoms with Gasteiger partial charge in [-0.05, 0) is 31.5 Å². The fraction of sp³-hybridized carbons (Fsp3) is 0.600. The van der Waals surface area contributed by atoms with Crippen LogP contribution in [0, 0.1) is 0 Å². The van der Waals surface area contributed by atoms with Crippen LogP contribution in [-0.2, 0) is 0 Å². The third-order valence-electron chi connectivity index (χ3n) is 3.19. The molecular formula is C15H23NO2S. The largest absolute Gasteiger partial charge is 0.490 e. The number of hydrogen-bond acceptors (Lipinski definition) is 4. The smallest absolute Gasteiger partial charge is 0.162 e. The fourth-order valence-corrected chi connectivity index (χ4v) is 2.66. The first-order chi connectivity index (χ1) is 9.29. The van der Waals surface area contributed by atoms with Crippen LogP contribution in [0.5, 0.6) is 11.5 Å². The van der Waals surface area contributed by atoms with E-state index in [1.807, 2.05) is 17.8 Å². The van der Waals surface area contributed by atoms with Crippen molar-refractivity contribution < 1.29 is 9.47 Å². The Labute approximate surface area is 120 Å². The maximum absolute atomic E-state index is 5.70. The molecule has 0 bridgehead atoms. The van der Waals surface area contributed by atoms with Gasteiger partial charge in [0.05, 0.1) is 13.2 Å². The number of rotatable bonds is 6. The minimum Gasteiger partial charge on any atom is -0.490 e. The highest BCUT2D eigenvalue weighted by atomic mass is 32.2. The highest BCUT2D eigenvalue weighted by Gasteiger charge is 2.10. The molecule has 0 aliphatic carbocycles. The monoisotopic (exact) mass is 281 g/mol. The van der Waals surface area contributed by atoms with Crippen LogP contribution in [0.1, 0.15) is 26.7 Å². The molecule has 0 spiro atoms. The Hall–Kier alpha value is -0.870. The van der Waals surface area contributed by atoms with Gasteiger partial charge in [-0.2, -0.15) is 0 Å². The van der Waals surface area contributed by atoms with E-state index in [1.165, 1.54) is 11.3 Å². The Morgan fingerprint density at radius 1 is 1.26 bits per heavy atom. The van der Waals surface area contributed by atoms with Crippen LogP contribution in [-0.4, -0.2) is 31.6 Å². The molecule has 1 unspecified atom stereocenters. The quantitative estimate of drug-likeness (QED) is 0.640. The maximum Gasteiger partial charge on any atom is 0.162 e. The van der Waals surface area contributed by atoms with Crippen molar-refractivity contribution in [2.75, 3.05) is 25.5 Å². The van der Waals surface area contributed by atoms with Crippen molar-refractivity contribution in [2.24, 2.45) is 0 Å². The van der Waals surface area contributed by atoms with Crippen molar-refractivity contribution >= 4 is 11.8 Å². The summed E-state index contributed by atoms with van der Waals surface area (Å²) < 4.78 is 11.3. The van der Waals surface area contributed by atoms with E-state index in [-0.39, 0.29) is 0 Å². The predicted octanol–water partition coefficient (Wildman–Crippen LogP) is 3.33. The summed E-state index contributed by atoms with van der Waals surface area (Å²) in [6, 6.07) is 6.82. The molecule has 0 saturated heterocycles. The molecule has 0 saturated carbocycles. The molecule has 1 aliphatic rings. The Balaban J connectivity index is 1.82. The van der Waals surface area contributed by atoms with Crippen LogP contribution in [0.25, 0.3) is 0 Å². The molecule has 1 aromatic carbocycles. The number of benzene rings is 1. The summed E-state index contributed by atoms with van der Waals surface area (Å²) in [5.74, 6) is 2.83. The maximum atomic E-state index is 5.70. The van der Waals surface area contributed by atoms with E-state index in [9.17, 15) is 0 Å². The van der Waals surface area contributed by atoms with Crippen molar-refractivity contribution in [3.8, 4) is 11.5 Å². The summed E-state index contributed by atoms with van der Waals surface area (Å²) in [6.45, 7) is 6.95. The molecule has 4 heteroatoms. The summed E-state index contributed by atoms with van der Waals surface area (Å²) in [6.07, 6.45) is 2.13. The second-order valence-corrected chi connectivity index (χ2v) is 5.94. The van der Waals surface area contributed by atoms with Crippen molar-refractivity contribution in [2.45, 2.75) is 37.6 Å². The zero-order chi connectivity index (χ0) is 13.5. The van der Waals surface area contributed by atoms with Crippen molar-refractivity contribution in [3.05, 3.63) is 18.2 Å². The second kappa shape index (κ2) is 7.65. The Morgan fingerprint density at radius 2 is 2.05 bits per heavy atom. The number of ether oxygens (including phenoxy) is 2. The van der Waals surface area contributed by atoms with Crippen molar-refractivity contribution in [1.82, 2.24) is 5.32 Å². The van der Waals surface area contributed by atoms with E-state index in [2.05, 4.69) is 31.3 Å². The average molecular weight is 281 g/mol. The van der Waals surface area contributed by atoms with Crippen LogP contribution in [0.4, 0.5) is 0 Å². The van der Waals surface area contributed by atoms with Gasteiger partial charge in [-0.3, -0.25) is 0 Å². The lowest BCUT2D eigenvalue weighted by atomic mass is 10.3. The van der Waals surface area contributed by atoms with Crippen LogP contribution >= 0.6 is 11.8 Å². The standard InChI is InChI=1S/C15H23NO2S/c1-3-12(2)16-7-10-19-13-5-6-14-15(11-13)18-9-4-8-17-14/h5-6,11-12,16H,3-4,7-10H2,1-2H3. The van der Waals surface area contributed by atoms with Crippen molar-refractivity contribution in [3.63, 3.8) is 0 Å². The van der Waals surface area contributed by atoms with Gasteiger partial charge in [-0.15, -0.1) is 11.8 Å². The van der Waals surface area contributed by atoms with Gasteiger partial charge < -0.3 is 14.8 Å². The molecule has 19 heavy (non-hydrogen) atoms. The zero-order valence-corrected chi connectivity index (χ0v) is 12.6. The molecule has 0 aromatic heterocycles. The SMILES string of the molecule is CCC(C)NCCSc1ccc2c(c1)OCCCO2. The van der Waals surface area contributed by atoms with E-state index in [0.717, 1.165) is 43.4 Å². The highest BCUT2D eigenvalue weighted by Crippen LogP contribution is 2.33. The van der Waals surface area contributed by atoms with Crippen LogP contribution in [0.15, 0.2) is 23.1 Å². The summed E-state index contributed by atoms with van der Waals surface area (Å²) in [5, 5.41) is 3.50. The molecule has 0 amide bonds. The molecule has 1 atom stereocenters. The molecule has 1 aliphatic heterocycles. The van der Waals surface area contributed by atoms with Gasteiger partial charge in [-0.1, -0.05) is 6.92 Å². The third kappa shape index (κ3) is 4.62. The first-order valence-electron chi connectivity index (χ1n) is 7.05. The summed E-state index contributed by atoms with van der Waals surface area (Å²) in [4.78, 5) is 1.25. The van der Waals surface area contributed by atoms with E-state index in [0.29, 0.717) is 6.04 Å².